The van der Waals surface area contributed by atoms with Gasteiger partial charge in [-0.25, -0.2) is 4.98 Å². The van der Waals surface area contributed by atoms with Gasteiger partial charge in [0.25, 0.3) is 0 Å². The number of piperazine rings is 1. The van der Waals surface area contributed by atoms with Crippen molar-refractivity contribution in [1.82, 2.24) is 15.3 Å². The number of ether oxygens (including phenoxy) is 1. The summed E-state index contributed by atoms with van der Waals surface area (Å²) in [6.45, 7) is 5.47. The van der Waals surface area contributed by atoms with E-state index >= 15 is 0 Å². The van der Waals surface area contributed by atoms with Crippen molar-refractivity contribution in [1.29, 1.82) is 0 Å². The monoisotopic (exact) mass is 235 g/mol. The topological polar surface area (TPSA) is 62.3 Å². The number of hydrogen-bond donors (Lipinski definition) is 2. The second-order valence-electron chi connectivity index (χ2n) is 4.36. The Morgan fingerprint density at radius 2 is 2.18 bits per heavy atom. The molecule has 0 atom stereocenters. The standard InChI is InChI=1S/C11H17N5O/c1-2-13-11(16-5-3-12-4-6-16)15-10(1)14-9-7-17-8-9/h1-2,9,12H,3-8H2,(H,13,14,15). The molecule has 92 valence electrons. The lowest BCUT2D eigenvalue weighted by molar-refractivity contribution is 0.0209. The van der Waals surface area contributed by atoms with Crippen LogP contribution in [0.2, 0.25) is 0 Å². The molecule has 0 saturated carbocycles. The molecule has 2 N–H and O–H groups in total. The fourth-order valence-corrected chi connectivity index (χ4v) is 1.97. The Morgan fingerprint density at radius 3 is 2.88 bits per heavy atom. The maximum atomic E-state index is 5.13. The summed E-state index contributed by atoms with van der Waals surface area (Å²) in [4.78, 5) is 11.1. The molecule has 0 aliphatic carbocycles. The summed E-state index contributed by atoms with van der Waals surface area (Å²) in [6.07, 6.45) is 1.81. The molecule has 17 heavy (non-hydrogen) atoms. The third-order valence-corrected chi connectivity index (χ3v) is 3.03. The van der Waals surface area contributed by atoms with Crippen molar-refractivity contribution in [3.8, 4) is 0 Å². The number of aromatic nitrogens is 2. The maximum absolute atomic E-state index is 5.13. The summed E-state index contributed by atoms with van der Waals surface area (Å²) < 4.78 is 5.13. The van der Waals surface area contributed by atoms with Crippen LogP contribution in [0.1, 0.15) is 0 Å². The Labute approximate surface area is 100 Å². The van der Waals surface area contributed by atoms with Gasteiger partial charge in [-0.2, -0.15) is 4.98 Å². The minimum Gasteiger partial charge on any atom is -0.377 e. The lowest BCUT2D eigenvalue weighted by Crippen LogP contribution is -2.44. The van der Waals surface area contributed by atoms with E-state index in [4.69, 9.17) is 4.74 Å². The zero-order valence-corrected chi connectivity index (χ0v) is 9.72. The quantitative estimate of drug-likeness (QED) is 0.750. The van der Waals surface area contributed by atoms with Gasteiger partial charge in [-0.15, -0.1) is 0 Å². The van der Waals surface area contributed by atoms with Crippen LogP contribution in [0.25, 0.3) is 0 Å². The first-order valence-electron chi connectivity index (χ1n) is 6.05. The van der Waals surface area contributed by atoms with Crippen LogP contribution in [-0.4, -0.2) is 55.4 Å². The Morgan fingerprint density at radius 1 is 1.35 bits per heavy atom. The number of nitrogens with zero attached hydrogens (tertiary/aromatic N) is 3. The number of nitrogens with one attached hydrogen (secondary N) is 2. The highest BCUT2D eigenvalue weighted by Gasteiger charge is 2.19. The minimum absolute atomic E-state index is 0.403. The third kappa shape index (κ3) is 2.48. The molecule has 6 nitrogen and oxygen atoms in total. The molecule has 6 heteroatoms. The first kappa shape index (κ1) is 10.7. The van der Waals surface area contributed by atoms with Crippen molar-refractivity contribution in [3.05, 3.63) is 12.3 Å². The van der Waals surface area contributed by atoms with E-state index in [0.717, 1.165) is 51.2 Å². The molecular formula is C11H17N5O. The van der Waals surface area contributed by atoms with Gasteiger partial charge < -0.3 is 20.3 Å². The number of hydrogen-bond acceptors (Lipinski definition) is 6. The molecule has 0 amide bonds. The Hall–Kier alpha value is -1.40. The lowest BCUT2D eigenvalue weighted by Gasteiger charge is -2.29. The molecule has 2 aliphatic rings. The van der Waals surface area contributed by atoms with Crippen LogP contribution < -0.4 is 15.5 Å². The summed E-state index contributed by atoms with van der Waals surface area (Å²) in [6, 6.07) is 2.31. The fourth-order valence-electron chi connectivity index (χ4n) is 1.97. The molecule has 2 aliphatic heterocycles. The van der Waals surface area contributed by atoms with Gasteiger partial charge in [-0.1, -0.05) is 0 Å². The van der Waals surface area contributed by atoms with Crippen molar-refractivity contribution < 1.29 is 4.74 Å². The lowest BCUT2D eigenvalue weighted by atomic mass is 10.2. The maximum Gasteiger partial charge on any atom is 0.227 e. The zero-order chi connectivity index (χ0) is 11.5. The van der Waals surface area contributed by atoms with Crippen molar-refractivity contribution >= 4 is 11.8 Å². The normalized spacial score (nSPS) is 21.1. The van der Waals surface area contributed by atoms with E-state index in [0.29, 0.717) is 6.04 Å². The van der Waals surface area contributed by atoms with Crippen LogP contribution in [0.5, 0.6) is 0 Å². The Balaban J connectivity index is 1.68. The second-order valence-corrected chi connectivity index (χ2v) is 4.36. The zero-order valence-electron chi connectivity index (χ0n) is 9.72. The van der Waals surface area contributed by atoms with Gasteiger partial charge in [0.2, 0.25) is 5.95 Å². The second kappa shape index (κ2) is 4.85. The Kier molecular flexibility index (Phi) is 3.06. The van der Waals surface area contributed by atoms with Crippen LogP contribution >= 0.6 is 0 Å². The predicted octanol–water partition coefficient (Wildman–Crippen LogP) is -0.303. The molecule has 2 fully saturated rings. The largest absolute Gasteiger partial charge is 0.377 e. The fraction of sp³-hybridized carbons (Fsp3) is 0.636. The van der Waals surface area contributed by atoms with Crippen molar-refractivity contribution in [2.75, 3.05) is 49.6 Å². The number of rotatable bonds is 3. The van der Waals surface area contributed by atoms with Crippen molar-refractivity contribution in [2.24, 2.45) is 0 Å². The molecule has 0 bridgehead atoms. The van der Waals surface area contributed by atoms with E-state index in [2.05, 4.69) is 25.5 Å². The van der Waals surface area contributed by atoms with E-state index in [1.807, 2.05) is 12.3 Å². The van der Waals surface area contributed by atoms with Gasteiger partial charge in [-0.3, -0.25) is 0 Å². The van der Waals surface area contributed by atoms with Gasteiger partial charge in [-0.05, 0) is 6.07 Å². The van der Waals surface area contributed by atoms with E-state index in [1.54, 1.807) is 0 Å². The van der Waals surface area contributed by atoms with E-state index in [9.17, 15) is 0 Å². The molecule has 1 aromatic heterocycles. The van der Waals surface area contributed by atoms with E-state index in [1.165, 1.54) is 0 Å². The van der Waals surface area contributed by atoms with Crippen LogP contribution in [0.15, 0.2) is 12.3 Å². The minimum atomic E-state index is 0.403. The van der Waals surface area contributed by atoms with E-state index in [-0.39, 0.29) is 0 Å². The molecule has 1 aromatic rings. The van der Waals surface area contributed by atoms with Gasteiger partial charge in [0, 0.05) is 32.4 Å². The number of anilines is 2. The summed E-state index contributed by atoms with van der Waals surface area (Å²) in [5, 5.41) is 6.66. The molecule has 2 saturated heterocycles. The molecule has 0 radical (unpaired) electrons. The van der Waals surface area contributed by atoms with Crippen LogP contribution in [-0.2, 0) is 4.74 Å². The summed E-state index contributed by atoms with van der Waals surface area (Å²) in [5.74, 6) is 1.71. The summed E-state index contributed by atoms with van der Waals surface area (Å²) >= 11 is 0. The highest BCUT2D eigenvalue weighted by molar-refractivity contribution is 5.42. The highest BCUT2D eigenvalue weighted by Crippen LogP contribution is 2.14. The van der Waals surface area contributed by atoms with Crippen molar-refractivity contribution in [3.63, 3.8) is 0 Å². The molecule has 0 spiro atoms. The first-order valence-corrected chi connectivity index (χ1v) is 6.05. The Bertz CT molecular complexity index is 376. The van der Waals surface area contributed by atoms with Gasteiger partial charge in [0.1, 0.15) is 5.82 Å². The van der Waals surface area contributed by atoms with Gasteiger partial charge >= 0.3 is 0 Å². The van der Waals surface area contributed by atoms with Crippen molar-refractivity contribution in [2.45, 2.75) is 6.04 Å². The SMILES string of the molecule is c1cc(NC2COC2)nc(N2CCNCC2)n1. The average molecular weight is 235 g/mol. The van der Waals surface area contributed by atoms with Crippen LogP contribution in [0.4, 0.5) is 11.8 Å². The van der Waals surface area contributed by atoms with Gasteiger partial charge in [0.05, 0.1) is 19.3 Å². The molecule has 3 rings (SSSR count). The van der Waals surface area contributed by atoms with Crippen LogP contribution in [0.3, 0.4) is 0 Å². The third-order valence-electron chi connectivity index (χ3n) is 3.03. The smallest absolute Gasteiger partial charge is 0.227 e. The van der Waals surface area contributed by atoms with Gasteiger partial charge in [0.15, 0.2) is 0 Å². The van der Waals surface area contributed by atoms with Crippen LogP contribution in [0, 0.1) is 0 Å². The first-order chi connectivity index (χ1) is 8.42. The average Bonchev–Trinajstić information content (AvgIpc) is 2.35. The van der Waals surface area contributed by atoms with E-state index < -0.39 is 0 Å². The molecule has 0 aromatic carbocycles. The molecule has 0 unspecified atom stereocenters. The predicted molar refractivity (Wildman–Crippen MR) is 65.3 cm³/mol. The summed E-state index contributed by atoms with van der Waals surface area (Å²) in [5.41, 5.74) is 0. The molecule has 3 heterocycles. The highest BCUT2D eigenvalue weighted by atomic mass is 16.5. The molecular weight excluding hydrogens is 218 g/mol. The summed E-state index contributed by atoms with van der Waals surface area (Å²) in [7, 11) is 0.